The molecule has 3 heteroatoms. The predicted octanol–water partition coefficient (Wildman–Crippen LogP) is 2.52. The third-order valence-corrected chi connectivity index (χ3v) is 2.59. The number of rotatable bonds is 2. The summed E-state index contributed by atoms with van der Waals surface area (Å²) in [5.74, 6) is -0.285. The Morgan fingerprint density at radius 3 is 2.19 bits per heavy atom. The van der Waals surface area contributed by atoms with Gasteiger partial charge in [-0.2, -0.15) is 0 Å². The number of imide groups is 1. The van der Waals surface area contributed by atoms with Crippen LogP contribution in [0.1, 0.15) is 47.5 Å². The van der Waals surface area contributed by atoms with Crippen molar-refractivity contribution in [1.29, 1.82) is 0 Å². The molecule has 0 saturated heterocycles. The van der Waals surface area contributed by atoms with Crippen LogP contribution in [-0.2, 0) is 9.59 Å². The SMILES string of the molecule is CC(C)(C)CC(C)(C)N1C(=O)C=CCC1=O. The Hall–Kier alpha value is -1.12. The number of hydrogen-bond acceptors (Lipinski definition) is 2. The fraction of sp³-hybridized carbons (Fsp3) is 0.692. The molecule has 0 atom stereocenters. The summed E-state index contributed by atoms with van der Waals surface area (Å²) < 4.78 is 0. The molecule has 0 fully saturated rings. The Morgan fingerprint density at radius 1 is 1.19 bits per heavy atom. The summed E-state index contributed by atoms with van der Waals surface area (Å²) in [6.07, 6.45) is 4.25. The van der Waals surface area contributed by atoms with Crippen molar-refractivity contribution in [2.45, 2.75) is 53.0 Å². The van der Waals surface area contributed by atoms with Crippen molar-refractivity contribution < 1.29 is 9.59 Å². The van der Waals surface area contributed by atoms with E-state index < -0.39 is 5.54 Å². The highest BCUT2D eigenvalue weighted by Crippen LogP contribution is 2.32. The topological polar surface area (TPSA) is 37.4 Å². The van der Waals surface area contributed by atoms with Gasteiger partial charge in [-0.1, -0.05) is 26.8 Å². The molecule has 0 aromatic heterocycles. The minimum absolute atomic E-state index is 0.0885. The first-order valence-electron chi connectivity index (χ1n) is 5.67. The Labute approximate surface area is 97.5 Å². The maximum Gasteiger partial charge on any atom is 0.253 e. The standard InChI is InChI=1S/C13H21NO2/c1-12(2,3)9-13(4,5)14-10(15)7-6-8-11(14)16/h6-7H,8-9H2,1-5H3. The van der Waals surface area contributed by atoms with Gasteiger partial charge in [-0.25, -0.2) is 0 Å². The van der Waals surface area contributed by atoms with E-state index in [2.05, 4.69) is 20.8 Å². The molecule has 16 heavy (non-hydrogen) atoms. The third kappa shape index (κ3) is 2.94. The number of amides is 2. The van der Waals surface area contributed by atoms with Crippen LogP contribution in [0.15, 0.2) is 12.2 Å². The molecule has 1 rings (SSSR count). The number of hydrogen-bond donors (Lipinski definition) is 0. The smallest absolute Gasteiger partial charge is 0.253 e. The van der Waals surface area contributed by atoms with E-state index in [1.54, 1.807) is 6.08 Å². The van der Waals surface area contributed by atoms with E-state index in [1.165, 1.54) is 11.0 Å². The van der Waals surface area contributed by atoms with E-state index in [0.717, 1.165) is 6.42 Å². The maximum absolute atomic E-state index is 11.8. The summed E-state index contributed by atoms with van der Waals surface area (Å²) >= 11 is 0. The van der Waals surface area contributed by atoms with Gasteiger partial charge in [0.1, 0.15) is 0 Å². The molecule has 0 radical (unpaired) electrons. The van der Waals surface area contributed by atoms with Gasteiger partial charge in [0.05, 0.1) is 0 Å². The molecule has 2 amide bonds. The minimum Gasteiger partial charge on any atom is -0.274 e. The third-order valence-electron chi connectivity index (χ3n) is 2.59. The van der Waals surface area contributed by atoms with Crippen LogP contribution in [-0.4, -0.2) is 22.3 Å². The predicted molar refractivity (Wildman–Crippen MR) is 63.8 cm³/mol. The molecule has 0 unspecified atom stereocenters. The average molecular weight is 223 g/mol. The Kier molecular flexibility index (Phi) is 3.27. The summed E-state index contributed by atoms with van der Waals surface area (Å²) in [7, 11) is 0. The first-order chi connectivity index (χ1) is 7.13. The summed E-state index contributed by atoms with van der Waals surface area (Å²) in [5, 5.41) is 0. The van der Waals surface area contributed by atoms with E-state index in [1.807, 2.05) is 13.8 Å². The second kappa shape index (κ2) is 4.04. The molecule has 1 heterocycles. The molecule has 0 aliphatic carbocycles. The molecule has 0 saturated carbocycles. The van der Waals surface area contributed by atoms with Crippen LogP contribution in [0.2, 0.25) is 0 Å². The van der Waals surface area contributed by atoms with Crippen molar-refractivity contribution in [2.24, 2.45) is 5.41 Å². The molecular weight excluding hydrogens is 202 g/mol. The lowest BCUT2D eigenvalue weighted by molar-refractivity contribution is -0.149. The van der Waals surface area contributed by atoms with Crippen molar-refractivity contribution in [2.75, 3.05) is 0 Å². The molecule has 0 aromatic carbocycles. The molecule has 0 bridgehead atoms. The first kappa shape index (κ1) is 12.9. The van der Waals surface area contributed by atoms with Crippen LogP contribution in [0.25, 0.3) is 0 Å². The van der Waals surface area contributed by atoms with Gasteiger partial charge in [-0.15, -0.1) is 0 Å². The van der Waals surface area contributed by atoms with Crippen LogP contribution in [0, 0.1) is 5.41 Å². The molecule has 0 aromatic rings. The van der Waals surface area contributed by atoms with Crippen molar-refractivity contribution in [3.05, 3.63) is 12.2 Å². The average Bonchev–Trinajstić information content (AvgIpc) is 1.97. The summed E-state index contributed by atoms with van der Waals surface area (Å²) in [4.78, 5) is 24.9. The molecular formula is C13H21NO2. The van der Waals surface area contributed by atoms with E-state index in [0.29, 0.717) is 6.42 Å². The zero-order chi connectivity index (χ0) is 12.6. The lowest BCUT2D eigenvalue weighted by atomic mass is 9.80. The highest BCUT2D eigenvalue weighted by atomic mass is 16.2. The largest absolute Gasteiger partial charge is 0.274 e. The number of nitrogens with zero attached hydrogens (tertiary/aromatic N) is 1. The van der Waals surface area contributed by atoms with Crippen LogP contribution in [0.3, 0.4) is 0 Å². The zero-order valence-electron chi connectivity index (χ0n) is 10.8. The molecule has 3 nitrogen and oxygen atoms in total. The van der Waals surface area contributed by atoms with Crippen molar-refractivity contribution >= 4 is 11.8 Å². The van der Waals surface area contributed by atoms with Crippen LogP contribution < -0.4 is 0 Å². The van der Waals surface area contributed by atoms with E-state index in [4.69, 9.17) is 0 Å². The Balaban J connectivity index is 2.94. The van der Waals surface area contributed by atoms with Gasteiger partial charge in [-0.05, 0) is 25.7 Å². The van der Waals surface area contributed by atoms with Gasteiger partial charge >= 0.3 is 0 Å². The number of carbonyl (C=O) groups is 2. The normalized spacial score (nSPS) is 18.2. The second-order valence-corrected chi connectivity index (χ2v) is 6.22. The van der Waals surface area contributed by atoms with Crippen molar-refractivity contribution in [3.8, 4) is 0 Å². The lowest BCUT2D eigenvalue weighted by Crippen LogP contribution is -2.53. The molecule has 0 spiro atoms. The van der Waals surface area contributed by atoms with Gasteiger partial charge in [0.15, 0.2) is 0 Å². The number of carbonyl (C=O) groups excluding carboxylic acids is 2. The van der Waals surface area contributed by atoms with Crippen LogP contribution in [0.4, 0.5) is 0 Å². The first-order valence-corrected chi connectivity index (χ1v) is 5.67. The van der Waals surface area contributed by atoms with Gasteiger partial charge in [0.25, 0.3) is 5.91 Å². The van der Waals surface area contributed by atoms with Crippen molar-refractivity contribution in [1.82, 2.24) is 4.90 Å². The minimum atomic E-state index is -0.419. The van der Waals surface area contributed by atoms with Gasteiger partial charge in [0.2, 0.25) is 5.91 Å². The van der Waals surface area contributed by atoms with Crippen LogP contribution in [0.5, 0.6) is 0 Å². The maximum atomic E-state index is 11.8. The van der Waals surface area contributed by atoms with Gasteiger partial charge < -0.3 is 0 Å². The second-order valence-electron chi connectivity index (χ2n) is 6.22. The fourth-order valence-corrected chi connectivity index (χ4v) is 2.56. The molecule has 90 valence electrons. The highest BCUT2D eigenvalue weighted by molar-refractivity contribution is 6.04. The lowest BCUT2D eigenvalue weighted by Gasteiger charge is -2.41. The van der Waals surface area contributed by atoms with Crippen LogP contribution >= 0.6 is 0 Å². The monoisotopic (exact) mass is 223 g/mol. The summed E-state index contributed by atoms with van der Waals surface area (Å²) in [6, 6.07) is 0. The Bertz CT molecular complexity index is 334. The van der Waals surface area contributed by atoms with E-state index >= 15 is 0 Å². The quantitative estimate of drug-likeness (QED) is 0.674. The summed E-state index contributed by atoms with van der Waals surface area (Å²) in [6.45, 7) is 10.2. The van der Waals surface area contributed by atoms with Gasteiger partial charge in [0, 0.05) is 18.0 Å². The zero-order valence-corrected chi connectivity index (χ0v) is 10.8. The highest BCUT2D eigenvalue weighted by Gasteiger charge is 2.38. The summed E-state index contributed by atoms with van der Waals surface area (Å²) in [5.41, 5.74) is -0.331. The Morgan fingerprint density at radius 2 is 1.75 bits per heavy atom. The molecule has 1 aliphatic rings. The van der Waals surface area contributed by atoms with Crippen molar-refractivity contribution in [3.63, 3.8) is 0 Å². The molecule has 0 N–H and O–H groups in total. The molecule has 1 aliphatic heterocycles. The fourth-order valence-electron chi connectivity index (χ4n) is 2.56. The van der Waals surface area contributed by atoms with E-state index in [9.17, 15) is 9.59 Å². The van der Waals surface area contributed by atoms with Gasteiger partial charge in [-0.3, -0.25) is 14.5 Å². The van der Waals surface area contributed by atoms with E-state index in [-0.39, 0.29) is 17.2 Å².